The molecule has 152 valence electrons. The summed E-state index contributed by atoms with van der Waals surface area (Å²) in [6.07, 6.45) is 11.3. The Labute approximate surface area is 164 Å². The summed E-state index contributed by atoms with van der Waals surface area (Å²) in [5, 5.41) is 7.04. The average Bonchev–Trinajstić information content (AvgIpc) is 3.58. The number of carbonyl (C=O) groups excluding carboxylic acids is 1. The van der Waals surface area contributed by atoms with Crippen LogP contribution in [0.25, 0.3) is 0 Å². The van der Waals surface area contributed by atoms with E-state index >= 15 is 0 Å². The second kappa shape index (κ2) is 8.80. The first-order chi connectivity index (χ1) is 13.2. The molecule has 1 atom stereocenters. The van der Waals surface area contributed by atoms with Gasteiger partial charge in [0.25, 0.3) is 0 Å². The molecule has 3 saturated carbocycles. The van der Waals surface area contributed by atoms with Crippen LogP contribution in [-0.2, 0) is 4.79 Å². The predicted octanol–water partition coefficient (Wildman–Crippen LogP) is 1.82. The molecule has 1 amide bonds. The number of nitrogens with one attached hydrogen (secondary N) is 2. The molecule has 0 spiro atoms. The molecule has 4 rings (SSSR count). The topological polar surface area (TPSA) is 60.0 Å². The van der Waals surface area contributed by atoms with Gasteiger partial charge in [-0.2, -0.15) is 0 Å². The van der Waals surface area contributed by atoms with Crippen LogP contribution in [0.15, 0.2) is 4.99 Å². The van der Waals surface area contributed by atoms with Gasteiger partial charge in [0.1, 0.15) is 0 Å². The summed E-state index contributed by atoms with van der Waals surface area (Å²) in [5.41, 5.74) is 0. The Morgan fingerprint density at radius 3 is 2.56 bits per heavy atom. The molecule has 0 bridgehead atoms. The van der Waals surface area contributed by atoms with Crippen molar-refractivity contribution in [3.8, 4) is 0 Å². The Balaban J connectivity index is 1.17. The van der Waals surface area contributed by atoms with Gasteiger partial charge in [0, 0.05) is 57.8 Å². The maximum atomic E-state index is 12.6. The third-order valence-electron chi connectivity index (χ3n) is 6.71. The van der Waals surface area contributed by atoms with Gasteiger partial charge in [-0.25, -0.2) is 0 Å². The number of rotatable bonds is 8. The van der Waals surface area contributed by atoms with E-state index in [0.717, 1.165) is 63.4 Å². The van der Waals surface area contributed by atoms with E-state index in [-0.39, 0.29) is 0 Å². The van der Waals surface area contributed by atoms with E-state index in [1.807, 2.05) is 7.05 Å². The maximum Gasteiger partial charge on any atom is 0.225 e. The highest BCUT2D eigenvalue weighted by Gasteiger charge is 2.34. The highest BCUT2D eigenvalue weighted by Crippen LogP contribution is 2.34. The molecule has 1 unspecified atom stereocenters. The lowest BCUT2D eigenvalue weighted by molar-refractivity contribution is -0.134. The van der Waals surface area contributed by atoms with Crippen molar-refractivity contribution in [3.05, 3.63) is 0 Å². The summed E-state index contributed by atoms with van der Waals surface area (Å²) in [5.74, 6) is 2.53. The first kappa shape index (κ1) is 19.0. The van der Waals surface area contributed by atoms with Crippen molar-refractivity contribution in [3.63, 3.8) is 0 Å². The van der Waals surface area contributed by atoms with Crippen LogP contribution in [0.5, 0.6) is 0 Å². The molecule has 4 aliphatic rings. The number of amides is 1. The SMILES string of the molecule is CN=C(NCCN(CC1CC1)C1CC1)NC1CCN(C(=O)C2CCCC2)C1. The molecular formula is C21H37N5O. The van der Waals surface area contributed by atoms with Gasteiger partial charge >= 0.3 is 0 Å². The molecule has 1 heterocycles. The van der Waals surface area contributed by atoms with E-state index in [0.29, 0.717) is 17.9 Å². The van der Waals surface area contributed by atoms with E-state index in [4.69, 9.17) is 0 Å². The Morgan fingerprint density at radius 2 is 1.89 bits per heavy atom. The van der Waals surface area contributed by atoms with Crippen molar-refractivity contribution in [2.45, 2.75) is 69.9 Å². The first-order valence-corrected chi connectivity index (χ1v) is 11.2. The Hall–Kier alpha value is -1.30. The Kier molecular flexibility index (Phi) is 6.21. The zero-order valence-corrected chi connectivity index (χ0v) is 17.0. The largest absolute Gasteiger partial charge is 0.355 e. The fourth-order valence-electron chi connectivity index (χ4n) is 4.71. The molecule has 1 saturated heterocycles. The molecule has 0 aromatic carbocycles. The molecule has 1 aliphatic heterocycles. The quantitative estimate of drug-likeness (QED) is 0.502. The van der Waals surface area contributed by atoms with Gasteiger partial charge in [0.2, 0.25) is 5.91 Å². The summed E-state index contributed by atoms with van der Waals surface area (Å²) in [6.45, 7) is 5.06. The first-order valence-electron chi connectivity index (χ1n) is 11.2. The molecule has 6 heteroatoms. The number of hydrogen-bond donors (Lipinski definition) is 2. The number of nitrogens with zero attached hydrogens (tertiary/aromatic N) is 3. The van der Waals surface area contributed by atoms with E-state index < -0.39 is 0 Å². The molecule has 27 heavy (non-hydrogen) atoms. The summed E-state index contributed by atoms with van der Waals surface area (Å²) >= 11 is 0. The van der Waals surface area contributed by atoms with Crippen LogP contribution in [0.3, 0.4) is 0 Å². The third-order valence-corrected chi connectivity index (χ3v) is 6.71. The second-order valence-electron chi connectivity index (χ2n) is 9.06. The predicted molar refractivity (Wildman–Crippen MR) is 109 cm³/mol. The highest BCUT2D eigenvalue weighted by atomic mass is 16.2. The monoisotopic (exact) mass is 375 g/mol. The van der Waals surface area contributed by atoms with Crippen molar-refractivity contribution in [1.82, 2.24) is 20.4 Å². The van der Waals surface area contributed by atoms with Gasteiger partial charge in [0.05, 0.1) is 0 Å². The second-order valence-corrected chi connectivity index (χ2v) is 9.06. The van der Waals surface area contributed by atoms with Crippen LogP contribution in [0, 0.1) is 11.8 Å². The minimum Gasteiger partial charge on any atom is -0.355 e. The number of guanidine groups is 1. The van der Waals surface area contributed by atoms with E-state index in [1.165, 1.54) is 45.1 Å². The molecule has 0 aromatic rings. The molecule has 2 N–H and O–H groups in total. The van der Waals surface area contributed by atoms with Crippen molar-refractivity contribution in [1.29, 1.82) is 0 Å². The molecule has 0 radical (unpaired) electrons. The van der Waals surface area contributed by atoms with Crippen molar-refractivity contribution in [2.75, 3.05) is 39.8 Å². The molecule has 3 aliphatic carbocycles. The van der Waals surface area contributed by atoms with E-state index in [2.05, 4.69) is 25.4 Å². The van der Waals surface area contributed by atoms with Crippen LogP contribution >= 0.6 is 0 Å². The normalized spacial score (nSPS) is 26.8. The number of likely N-dealkylation sites (tertiary alicyclic amines) is 1. The average molecular weight is 376 g/mol. The van der Waals surface area contributed by atoms with Crippen molar-refractivity contribution >= 4 is 11.9 Å². The van der Waals surface area contributed by atoms with E-state index in [9.17, 15) is 4.79 Å². The van der Waals surface area contributed by atoms with Gasteiger partial charge in [-0.05, 0) is 50.9 Å². The maximum absolute atomic E-state index is 12.6. The number of carbonyl (C=O) groups is 1. The fraction of sp³-hybridized carbons (Fsp3) is 0.905. The van der Waals surface area contributed by atoms with Crippen LogP contribution in [0.1, 0.15) is 57.8 Å². The molecule has 4 fully saturated rings. The minimum atomic E-state index is 0.293. The number of aliphatic imine (C=N–C) groups is 1. The van der Waals surface area contributed by atoms with Crippen LogP contribution in [0.2, 0.25) is 0 Å². The lowest BCUT2D eigenvalue weighted by Crippen LogP contribution is -2.47. The van der Waals surface area contributed by atoms with Gasteiger partial charge in [-0.15, -0.1) is 0 Å². The van der Waals surface area contributed by atoms with Crippen LogP contribution in [0.4, 0.5) is 0 Å². The van der Waals surface area contributed by atoms with Gasteiger partial charge in [-0.3, -0.25) is 14.7 Å². The minimum absolute atomic E-state index is 0.293. The Morgan fingerprint density at radius 1 is 1.11 bits per heavy atom. The summed E-state index contributed by atoms with van der Waals surface area (Å²) in [4.78, 5) is 21.8. The summed E-state index contributed by atoms with van der Waals surface area (Å²) in [6, 6.07) is 1.17. The van der Waals surface area contributed by atoms with Gasteiger partial charge in [-0.1, -0.05) is 12.8 Å². The molecule has 6 nitrogen and oxygen atoms in total. The molecular weight excluding hydrogens is 338 g/mol. The summed E-state index contributed by atoms with van der Waals surface area (Å²) in [7, 11) is 1.84. The standard InChI is InChI=1S/C21H37N5O/c1-22-21(23-11-13-25(19-8-9-19)14-16-6-7-16)24-18-10-12-26(15-18)20(27)17-4-2-3-5-17/h16-19H,2-15H2,1H3,(H2,22,23,24). The van der Waals surface area contributed by atoms with Crippen LogP contribution in [-0.4, -0.2) is 73.5 Å². The zero-order valence-electron chi connectivity index (χ0n) is 17.0. The van der Waals surface area contributed by atoms with Crippen molar-refractivity contribution < 1.29 is 4.79 Å². The summed E-state index contributed by atoms with van der Waals surface area (Å²) < 4.78 is 0. The lowest BCUT2D eigenvalue weighted by Gasteiger charge is -2.24. The van der Waals surface area contributed by atoms with Crippen LogP contribution < -0.4 is 10.6 Å². The smallest absolute Gasteiger partial charge is 0.225 e. The molecule has 0 aromatic heterocycles. The van der Waals surface area contributed by atoms with E-state index in [1.54, 1.807) is 0 Å². The fourth-order valence-corrected chi connectivity index (χ4v) is 4.71. The number of hydrogen-bond acceptors (Lipinski definition) is 3. The van der Waals surface area contributed by atoms with Crippen molar-refractivity contribution in [2.24, 2.45) is 16.8 Å². The highest BCUT2D eigenvalue weighted by molar-refractivity contribution is 5.81. The lowest BCUT2D eigenvalue weighted by atomic mass is 10.1. The van der Waals surface area contributed by atoms with Gasteiger partial charge < -0.3 is 15.5 Å². The third kappa shape index (κ3) is 5.37. The zero-order chi connectivity index (χ0) is 18.6. The van der Waals surface area contributed by atoms with Gasteiger partial charge in [0.15, 0.2) is 5.96 Å². The Bertz CT molecular complexity index is 537.